The van der Waals surface area contributed by atoms with Crippen LogP contribution in [-0.4, -0.2) is 28.2 Å². The third-order valence-electron chi connectivity index (χ3n) is 3.35. The number of carbonyl (C=O) groups excluding carboxylic acids is 2. The molecule has 1 aromatic heterocycles. The monoisotopic (exact) mass is 329 g/mol. The Morgan fingerprint density at radius 3 is 2.42 bits per heavy atom. The lowest BCUT2D eigenvalue weighted by Crippen LogP contribution is -2.31. The van der Waals surface area contributed by atoms with Crippen molar-refractivity contribution in [3.05, 3.63) is 46.8 Å². The lowest BCUT2D eigenvalue weighted by Gasteiger charge is -2.15. The number of carbonyl (C=O) groups is 2. The maximum absolute atomic E-state index is 12.1. The van der Waals surface area contributed by atoms with Crippen LogP contribution in [0.1, 0.15) is 26.7 Å². The number of ether oxygens (including phenoxy) is 1. The standard InChI is InChI=1S/C17H19N3O4/c1-3-14(24-16(22)4-2)17(23)18-12-7-5-11(6-8-12)13-9-10-15(21)20-19-13/h5-10,14H,3-4H2,1-2H3,(H,18,23)(H,20,21). The van der Waals surface area contributed by atoms with Gasteiger partial charge < -0.3 is 10.1 Å². The summed E-state index contributed by atoms with van der Waals surface area (Å²) in [6, 6.07) is 9.99. The summed E-state index contributed by atoms with van der Waals surface area (Å²) in [6.07, 6.45) is -0.181. The molecule has 0 saturated carbocycles. The van der Waals surface area contributed by atoms with Gasteiger partial charge in [-0.2, -0.15) is 5.10 Å². The Kier molecular flexibility index (Phi) is 5.83. The van der Waals surface area contributed by atoms with E-state index in [1.165, 1.54) is 6.07 Å². The molecule has 1 amide bonds. The second-order valence-corrected chi connectivity index (χ2v) is 5.11. The van der Waals surface area contributed by atoms with Crippen molar-refractivity contribution in [3.63, 3.8) is 0 Å². The van der Waals surface area contributed by atoms with Crippen LogP contribution in [0.4, 0.5) is 5.69 Å². The van der Waals surface area contributed by atoms with E-state index in [1.54, 1.807) is 44.2 Å². The van der Waals surface area contributed by atoms with E-state index in [4.69, 9.17) is 4.74 Å². The molecule has 2 aromatic rings. The Balaban J connectivity index is 2.05. The van der Waals surface area contributed by atoms with Gasteiger partial charge in [-0.15, -0.1) is 0 Å². The fourth-order valence-corrected chi connectivity index (χ4v) is 2.02. The van der Waals surface area contributed by atoms with Gasteiger partial charge in [0.15, 0.2) is 6.10 Å². The number of hydrogen-bond acceptors (Lipinski definition) is 5. The van der Waals surface area contributed by atoms with Crippen LogP contribution in [0.2, 0.25) is 0 Å². The predicted octanol–water partition coefficient (Wildman–Crippen LogP) is 2.11. The highest BCUT2D eigenvalue weighted by Crippen LogP contribution is 2.18. The second-order valence-electron chi connectivity index (χ2n) is 5.11. The largest absolute Gasteiger partial charge is 0.452 e. The first kappa shape index (κ1) is 17.4. The molecule has 1 heterocycles. The number of aromatic amines is 1. The lowest BCUT2D eigenvalue weighted by molar-refractivity contribution is -0.154. The Bertz CT molecular complexity index is 748. The van der Waals surface area contributed by atoms with Gasteiger partial charge in [0.2, 0.25) is 0 Å². The average molecular weight is 329 g/mol. The first-order valence-electron chi connectivity index (χ1n) is 7.70. The maximum Gasteiger partial charge on any atom is 0.306 e. The van der Waals surface area contributed by atoms with Gasteiger partial charge in [0.1, 0.15) is 0 Å². The maximum atomic E-state index is 12.1. The van der Waals surface area contributed by atoms with Crippen molar-refractivity contribution in [2.24, 2.45) is 0 Å². The summed E-state index contributed by atoms with van der Waals surface area (Å²) in [7, 11) is 0. The average Bonchev–Trinajstić information content (AvgIpc) is 2.60. The highest BCUT2D eigenvalue weighted by atomic mass is 16.5. The number of nitrogens with one attached hydrogen (secondary N) is 2. The topological polar surface area (TPSA) is 101 Å². The molecule has 0 aliphatic heterocycles. The van der Waals surface area contributed by atoms with Crippen molar-refractivity contribution < 1.29 is 14.3 Å². The summed E-state index contributed by atoms with van der Waals surface area (Å²) in [5, 5.41) is 9.02. The molecule has 0 aliphatic carbocycles. The Labute approximate surface area is 139 Å². The Hall–Kier alpha value is -2.96. The lowest BCUT2D eigenvalue weighted by atomic mass is 10.1. The van der Waals surface area contributed by atoms with Gasteiger partial charge in [-0.1, -0.05) is 26.0 Å². The minimum Gasteiger partial charge on any atom is -0.452 e. The van der Waals surface area contributed by atoms with Gasteiger partial charge in [-0.05, 0) is 24.6 Å². The normalized spacial score (nSPS) is 11.6. The van der Waals surface area contributed by atoms with Crippen molar-refractivity contribution in [2.75, 3.05) is 5.32 Å². The van der Waals surface area contributed by atoms with E-state index in [1.807, 2.05) is 0 Å². The zero-order valence-electron chi connectivity index (χ0n) is 13.5. The molecule has 0 fully saturated rings. The van der Waals surface area contributed by atoms with E-state index in [0.717, 1.165) is 5.56 Å². The molecule has 2 N–H and O–H groups in total. The van der Waals surface area contributed by atoms with Crippen molar-refractivity contribution in [3.8, 4) is 11.3 Å². The SMILES string of the molecule is CCC(=O)OC(CC)C(=O)Nc1ccc(-c2ccc(=O)[nH]n2)cc1. The molecule has 1 aromatic carbocycles. The minimum atomic E-state index is -0.807. The summed E-state index contributed by atoms with van der Waals surface area (Å²) in [5.74, 6) is -0.772. The number of anilines is 1. The van der Waals surface area contributed by atoms with E-state index in [2.05, 4.69) is 15.5 Å². The second kappa shape index (κ2) is 8.05. The van der Waals surface area contributed by atoms with E-state index < -0.39 is 12.1 Å². The summed E-state index contributed by atoms with van der Waals surface area (Å²) < 4.78 is 5.09. The first-order valence-corrected chi connectivity index (χ1v) is 7.70. The van der Waals surface area contributed by atoms with Gasteiger partial charge in [0.05, 0.1) is 5.69 Å². The molecular formula is C17H19N3O4. The number of esters is 1. The number of H-pyrrole nitrogens is 1. The van der Waals surface area contributed by atoms with Gasteiger partial charge in [-0.3, -0.25) is 14.4 Å². The Morgan fingerprint density at radius 2 is 1.88 bits per heavy atom. The predicted molar refractivity (Wildman–Crippen MR) is 89.4 cm³/mol. The Morgan fingerprint density at radius 1 is 1.17 bits per heavy atom. The highest BCUT2D eigenvalue weighted by molar-refractivity contribution is 5.95. The molecule has 0 spiro atoms. The van der Waals surface area contributed by atoms with E-state index in [-0.39, 0.29) is 17.9 Å². The van der Waals surface area contributed by atoms with Crippen LogP contribution in [0.25, 0.3) is 11.3 Å². The molecule has 2 rings (SSSR count). The molecular weight excluding hydrogens is 310 g/mol. The molecule has 1 unspecified atom stereocenters. The van der Waals surface area contributed by atoms with Crippen molar-refractivity contribution in [2.45, 2.75) is 32.8 Å². The minimum absolute atomic E-state index is 0.227. The number of aromatic nitrogens is 2. The fraction of sp³-hybridized carbons (Fsp3) is 0.294. The van der Waals surface area contributed by atoms with Crippen LogP contribution in [0.3, 0.4) is 0 Å². The van der Waals surface area contributed by atoms with Crippen LogP contribution < -0.4 is 10.9 Å². The highest BCUT2D eigenvalue weighted by Gasteiger charge is 2.20. The summed E-state index contributed by atoms with van der Waals surface area (Å²) in [5.41, 5.74) is 1.73. The van der Waals surface area contributed by atoms with Gasteiger partial charge in [0.25, 0.3) is 11.5 Å². The first-order chi connectivity index (χ1) is 11.5. The van der Waals surface area contributed by atoms with E-state index >= 15 is 0 Å². The van der Waals surface area contributed by atoms with Gasteiger partial charge in [0, 0.05) is 23.7 Å². The van der Waals surface area contributed by atoms with Gasteiger partial charge >= 0.3 is 5.97 Å². The van der Waals surface area contributed by atoms with E-state index in [9.17, 15) is 14.4 Å². The molecule has 0 aliphatic rings. The van der Waals surface area contributed by atoms with Crippen LogP contribution in [-0.2, 0) is 14.3 Å². The van der Waals surface area contributed by atoms with E-state index in [0.29, 0.717) is 17.8 Å². The zero-order valence-corrected chi connectivity index (χ0v) is 13.5. The van der Waals surface area contributed by atoms with Crippen molar-refractivity contribution in [1.29, 1.82) is 0 Å². The third-order valence-corrected chi connectivity index (χ3v) is 3.35. The molecule has 0 bridgehead atoms. The van der Waals surface area contributed by atoms with Gasteiger partial charge in [-0.25, -0.2) is 5.10 Å². The molecule has 7 heteroatoms. The number of benzene rings is 1. The molecule has 24 heavy (non-hydrogen) atoms. The molecule has 7 nitrogen and oxygen atoms in total. The third kappa shape index (κ3) is 4.52. The summed E-state index contributed by atoms with van der Waals surface area (Å²) in [6.45, 7) is 3.45. The number of rotatable bonds is 6. The molecule has 0 saturated heterocycles. The molecule has 126 valence electrons. The summed E-state index contributed by atoms with van der Waals surface area (Å²) in [4.78, 5) is 34.5. The van der Waals surface area contributed by atoms with Crippen LogP contribution in [0.15, 0.2) is 41.2 Å². The molecule has 1 atom stereocenters. The van der Waals surface area contributed by atoms with Crippen molar-refractivity contribution >= 4 is 17.6 Å². The molecule has 0 radical (unpaired) electrons. The number of nitrogens with zero attached hydrogens (tertiary/aromatic N) is 1. The van der Waals surface area contributed by atoms with Crippen LogP contribution in [0.5, 0.6) is 0 Å². The van der Waals surface area contributed by atoms with Crippen LogP contribution >= 0.6 is 0 Å². The zero-order chi connectivity index (χ0) is 17.5. The number of hydrogen-bond donors (Lipinski definition) is 2. The van der Waals surface area contributed by atoms with Crippen LogP contribution in [0, 0.1) is 0 Å². The smallest absolute Gasteiger partial charge is 0.306 e. The van der Waals surface area contributed by atoms with Crippen molar-refractivity contribution in [1.82, 2.24) is 10.2 Å². The quantitative estimate of drug-likeness (QED) is 0.790. The fourth-order valence-electron chi connectivity index (χ4n) is 2.02. The number of amides is 1. The summed E-state index contributed by atoms with van der Waals surface area (Å²) >= 11 is 0.